The van der Waals surface area contributed by atoms with Crippen molar-refractivity contribution >= 4 is 11.4 Å². The van der Waals surface area contributed by atoms with Crippen molar-refractivity contribution in [3.63, 3.8) is 0 Å². The second-order valence-corrected chi connectivity index (χ2v) is 5.80. The van der Waals surface area contributed by atoms with Crippen molar-refractivity contribution < 1.29 is 9.35 Å². The fourth-order valence-electron chi connectivity index (χ4n) is 2.62. The first kappa shape index (κ1) is 15.8. The smallest absolute Gasteiger partial charge is 0.164 e. The van der Waals surface area contributed by atoms with Crippen LogP contribution in [-0.4, -0.2) is 0 Å². The zero-order valence-electron chi connectivity index (χ0n) is 14.2. The van der Waals surface area contributed by atoms with Gasteiger partial charge in [0.2, 0.25) is 0 Å². The van der Waals surface area contributed by atoms with Crippen molar-refractivity contribution in [1.82, 2.24) is 0 Å². The van der Waals surface area contributed by atoms with Crippen LogP contribution < -0.4 is 9.35 Å². The van der Waals surface area contributed by atoms with E-state index in [1.807, 2.05) is 85.5 Å². The van der Waals surface area contributed by atoms with Gasteiger partial charge < -0.3 is 10.9 Å². The zero-order valence-corrected chi connectivity index (χ0v) is 14.2. The molecule has 0 fully saturated rings. The molecule has 0 N–H and O–H groups in total. The second-order valence-electron chi connectivity index (χ2n) is 5.80. The highest BCUT2D eigenvalue weighted by Crippen LogP contribution is 2.26. The molecule has 4 rings (SSSR count). The normalized spacial score (nSPS) is 10.3. The summed E-state index contributed by atoms with van der Waals surface area (Å²) >= 11 is 0. The molecule has 0 aliphatic carbocycles. The van der Waals surface area contributed by atoms with E-state index in [2.05, 4.69) is 35.1 Å². The molecule has 0 bridgehead atoms. The maximum atomic E-state index is 4.54. The Kier molecular flexibility index (Phi) is 4.56. The van der Waals surface area contributed by atoms with Gasteiger partial charge in [-0.15, -0.1) is 0 Å². The quantitative estimate of drug-likeness (QED) is 0.466. The van der Waals surface area contributed by atoms with E-state index in [9.17, 15) is 0 Å². The average molecular weight is 338 g/mol. The summed E-state index contributed by atoms with van der Waals surface area (Å²) in [5.41, 5.74) is 13.2. The van der Waals surface area contributed by atoms with Crippen LogP contribution in [0.1, 0.15) is 0 Å². The summed E-state index contributed by atoms with van der Waals surface area (Å²) < 4.78 is 3.60. The van der Waals surface area contributed by atoms with Gasteiger partial charge in [-0.1, -0.05) is 72.0 Å². The highest BCUT2D eigenvalue weighted by atomic mass is 15.4. The van der Waals surface area contributed by atoms with Gasteiger partial charge in [0.1, 0.15) is 0 Å². The summed E-state index contributed by atoms with van der Waals surface area (Å²) in [6.07, 6.45) is 7.67. The summed E-state index contributed by atoms with van der Waals surface area (Å²) in [5.74, 6) is 0. The van der Waals surface area contributed by atoms with Crippen LogP contribution in [0.5, 0.6) is 0 Å². The van der Waals surface area contributed by atoms with Gasteiger partial charge in [0.05, 0.1) is 0 Å². The monoisotopic (exact) mass is 338 g/mol. The van der Waals surface area contributed by atoms with Crippen LogP contribution in [0, 0.1) is 0 Å². The molecule has 4 aromatic rings. The van der Waals surface area contributed by atoms with Gasteiger partial charge >= 0.3 is 0 Å². The number of pyridine rings is 2. The molecule has 0 saturated carbocycles. The molecule has 0 spiro atoms. The van der Waals surface area contributed by atoms with Crippen LogP contribution in [0.15, 0.2) is 110 Å². The van der Waals surface area contributed by atoms with Gasteiger partial charge in [0, 0.05) is 24.3 Å². The van der Waals surface area contributed by atoms with E-state index < -0.39 is 0 Å². The summed E-state index contributed by atoms with van der Waals surface area (Å²) in [7, 11) is 0. The fourth-order valence-corrected chi connectivity index (χ4v) is 2.62. The molecule has 0 amide bonds. The lowest BCUT2D eigenvalue weighted by Gasteiger charge is -2.15. The third-order valence-corrected chi connectivity index (χ3v) is 3.93. The first-order valence-corrected chi connectivity index (χ1v) is 8.44. The SMILES string of the molecule is c1cc[n+]([N-]c2ccc(-c3ccc([N-][n+]4ccccc4)cc3)cc2)cc1. The van der Waals surface area contributed by atoms with E-state index in [4.69, 9.17) is 0 Å². The number of nitrogens with zero attached hydrogens (tertiary/aromatic N) is 4. The first-order valence-electron chi connectivity index (χ1n) is 8.44. The van der Waals surface area contributed by atoms with Crippen molar-refractivity contribution in [1.29, 1.82) is 0 Å². The largest absolute Gasteiger partial charge is 0.405 e. The summed E-state index contributed by atoms with van der Waals surface area (Å²) in [4.78, 5) is 0. The van der Waals surface area contributed by atoms with Crippen LogP contribution >= 0.6 is 0 Å². The van der Waals surface area contributed by atoms with Crippen LogP contribution in [-0.2, 0) is 0 Å². The predicted molar refractivity (Wildman–Crippen MR) is 102 cm³/mol. The number of benzene rings is 2. The van der Waals surface area contributed by atoms with E-state index in [1.54, 1.807) is 9.35 Å². The molecular weight excluding hydrogens is 320 g/mol. The lowest BCUT2D eigenvalue weighted by molar-refractivity contribution is -0.619. The molecule has 0 aliphatic rings. The standard InChI is InChI=1S/C22H18N4/c1-3-15-25(16-4-1)23-21-11-7-19(8-12-21)20-9-13-22(14-10-20)24-26-17-5-2-6-18-26/h1-18H. The Hall–Kier alpha value is -3.66. The van der Waals surface area contributed by atoms with Gasteiger partial charge in [-0.05, 0) is 11.1 Å². The van der Waals surface area contributed by atoms with Gasteiger partial charge in [0.15, 0.2) is 24.8 Å². The molecule has 26 heavy (non-hydrogen) atoms. The van der Waals surface area contributed by atoms with Gasteiger partial charge in [-0.3, -0.25) is 0 Å². The Balaban J connectivity index is 1.45. The van der Waals surface area contributed by atoms with E-state index in [0.29, 0.717) is 0 Å². The second kappa shape index (κ2) is 7.49. The maximum absolute atomic E-state index is 4.54. The Morgan fingerprint density at radius 1 is 0.423 bits per heavy atom. The number of hydrogen-bond donors (Lipinski definition) is 0. The molecule has 0 atom stereocenters. The van der Waals surface area contributed by atoms with Crippen molar-refractivity contribution in [2.24, 2.45) is 0 Å². The van der Waals surface area contributed by atoms with Crippen molar-refractivity contribution in [2.75, 3.05) is 0 Å². The molecule has 4 heteroatoms. The van der Waals surface area contributed by atoms with E-state index >= 15 is 0 Å². The highest BCUT2D eigenvalue weighted by Gasteiger charge is 1.97. The van der Waals surface area contributed by atoms with Gasteiger partial charge in [-0.25, -0.2) is 9.35 Å². The zero-order chi connectivity index (χ0) is 17.6. The maximum Gasteiger partial charge on any atom is 0.164 e. The number of rotatable bonds is 5. The van der Waals surface area contributed by atoms with Crippen molar-refractivity contribution in [3.05, 3.63) is 121 Å². The topological polar surface area (TPSA) is 36.0 Å². The molecule has 2 heterocycles. The number of hydrogen-bond acceptors (Lipinski definition) is 0. The summed E-state index contributed by atoms with van der Waals surface area (Å²) in [6, 6.07) is 28.2. The van der Waals surface area contributed by atoms with Crippen LogP contribution in [0.4, 0.5) is 11.4 Å². The van der Waals surface area contributed by atoms with E-state index in [-0.39, 0.29) is 0 Å². The summed E-state index contributed by atoms with van der Waals surface area (Å²) in [6.45, 7) is 0. The third kappa shape index (κ3) is 3.87. The molecule has 2 aromatic carbocycles. The Labute approximate surface area is 153 Å². The van der Waals surface area contributed by atoms with Crippen LogP contribution in [0.25, 0.3) is 22.0 Å². The molecule has 126 valence electrons. The molecule has 2 aromatic heterocycles. The lowest BCUT2D eigenvalue weighted by Crippen LogP contribution is -2.25. The van der Waals surface area contributed by atoms with E-state index in [1.165, 1.54) is 0 Å². The van der Waals surface area contributed by atoms with Gasteiger partial charge in [0.25, 0.3) is 0 Å². The van der Waals surface area contributed by atoms with E-state index in [0.717, 1.165) is 22.5 Å². The molecule has 4 nitrogen and oxygen atoms in total. The minimum absolute atomic E-state index is 0.914. The minimum Gasteiger partial charge on any atom is -0.405 e. The molecule has 0 unspecified atom stereocenters. The van der Waals surface area contributed by atoms with Crippen LogP contribution in [0.3, 0.4) is 0 Å². The third-order valence-electron chi connectivity index (χ3n) is 3.93. The lowest BCUT2D eigenvalue weighted by atomic mass is 10.1. The molecular formula is C22H18N4. The Morgan fingerprint density at radius 3 is 1.12 bits per heavy atom. The molecule has 0 radical (unpaired) electrons. The number of aromatic nitrogens is 2. The first-order chi connectivity index (χ1) is 12.9. The van der Waals surface area contributed by atoms with Crippen LogP contribution in [0.2, 0.25) is 0 Å². The fraction of sp³-hybridized carbons (Fsp3) is 0. The molecule has 0 saturated heterocycles. The minimum atomic E-state index is 0.914. The average Bonchev–Trinajstić information content (AvgIpc) is 2.71. The Bertz CT molecular complexity index is 867. The highest BCUT2D eigenvalue weighted by molar-refractivity contribution is 5.68. The Morgan fingerprint density at radius 2 is 0.769 bits per heavy atom. The summed E-state index contributed by atoms with van der Waals surface area (Å²) in [5, 5.41) is 0. The van der Waals surface area contributed by atoms with Crippen molar-refractivity contribution in [3.8, 4) is 11.1 Å². The van der Waals surface area contributed by atoms with Gasteiger partial charge in [-0.2, -0.15) is 0 Å². The predicted octanol–water partition coefficient (Wildman–Crippen LogP) is 4.87. The van der Waals surface area contributed by atoms with Crippen molar-refractivity contribution in [2.45, 2.75) is 0 Å². The molecule has 0 aliphatic heterocycles.